The molecule has 1 aromatic rings. The first-order chi connectivity index (χ1) is 9.57. The normalized spacial score (nSPS) is 17.5. The van der Waals surface area contributed by atoms with E-state index in [0.717, 1.165) is 31.2 Å². The van der Waals surface area contributed by atoms with E-state index in [1.54, 1.807) is 13.2 Å². The van der Waals surface area contributed by atoms with Gasteiger partial charge < -0.3 is 15.2 Å². The lowest BCUT2D eigenvalue weighted by Gasteiger charge is -2.30. The second-order valence-corrected chi connectivity index (χ2v) is 5.29. The smallest absolute Gasteiger partial charge is 0.267 e. The van der Waals surface area contributed by atoms with Gasteiger partial charge in [0.05, 0.1) is 19.8 Å². The topological polar surface area (TPSA) is 44.5 Å². The number of benzene rings is 1. The van der Waals surface area contributed by atoms with Gasteiger partial charge in [-0.2, -0.15) is 0 Å². The van der Waals surface area contributed by atoms with Crippen LogP contribution in [0.1, 0.15) is 43.2 Å². The van der Waals surface area contributed by atoms with Crippen LogP contribution in [0, 0.1) is 0 Å². The fourth-order valence-electron chi connectivity index (χ4n) is 3.14. The van der Waals surface area contributed by atoms with Gasteiger partial charge in [0.1, 0.15) is 11.5 Å². The number of ether oxygens (including phenoxy) is 2. The first kappa shape index (κ1) is 15.0. The van der Waals surface area contributed by atoms with Crippen LogP contribution in [-0.2, 0) is 5.41 Å². The molecule has 5 heteroatoms. The third-order valence-electron chi connectivity index (χ3n) is 4.31. The molecular formula is C15H21F2NO2. The zero-order valence-electron chi connectivity index (χ0n) is 11.9. The van der Waals surface area contributed by atoms with E-state index in [0.29, 0.717) is 12.3 Å². The Morgan fingerprint density at radius 1 is 1.15 bits per heavy atom. The van der Waals surface area contributed by atoms with Gasteiger partial charge in [0.25, 0.3) is 6.43 Å². The summed E-state index contributed by atoms with van der Waals surface area (Å²) in [6, 6.07) is 3.06. The summed E-state index contributed by atoms with van der Waals surface area (Å²) >= 11 is 0. The van der Waals surface area contributed by atoms with E-state index < -0.39 is 6.43 Å². The Labute approximate surface area is 118 Å². The van der Waals surface area contributed by atoms with Crippen LogP contribution in [0.3, 0.4) is 0 Å². The van der Waals surface area contributed by atoms with Crippen LogP contribution in [0.15, 0.2) is 12.1 Å². The Hall–Kier alpha value is -1.36. The second kappa shape index (κ2) is 5.95. The molecule has 0 aliphatic heterocycles. The maximum atomic E-state index is 13.2. The Morgan fingerprint density at radius 3 is 2.20 bits per heavy atom. The van der Waals surface area contributed by atoms with Crippen molar-refractivity contribution >= 4 is 0 Å². The van der Waals surface area contributed by atoms with E-state index in [1.165, 1.54) is 13.2 Å². The number of halogens is 2. The van der Waals surface area contributed by atoms with Crippen molar-refractivity contribution in [2.24, 2.45) is 5.73 Å². The molecule has 2 N–H and O–H groups in total. The van der Waals surface area contributed by atoms with Crippen molar-refractivity contribution in [3.63, 3.8) is 0 Å². The molecule has 0 spiro atoms. The largest absolute Gasteiger partial charge is 0.496 e. The van der Waals surface area contributed by atoms with Crippen molar-refractivity contribution in [3.05, 3.63) is 23.3 Å². The maximum absolute atomic E-state index is 13.2. The van der Waals surface area contributed by atoms with Crippen molar-refractivity contribution in [1.29, 1.82) is 0 Å². The van der Waals surface area contributed by atoms with E-state index in [-0.39, 0.29) is 16.7 Å². The van der Waals surface area contributed by atoms with Gasteiger partial charge in [0.2, 0.25) is 0 Å². The van der Waals surface area contributed by atoms with E-state index in [1.807, 2.05) is 0 Å². The van der Waals surface area contributed by atoms with Gasteiger partial charge in [-0.05, 0) is 18.9 Å². The van der Waals surface area contributed by atoms with E-state index >= 15 is 0 Å². The highest BCUT2D eigenvalue weighted by Gasteiger charge is 2.37. The fraction of sp³-hybridized carbons (Fsp3) is 0.600. The summed E-state index contributed by atoms with van der Waals surface area (Å²) in [4.78, 5) is 0. The maximum Gasteiger partial charge on any atom is 0.267 e. The lowest BCUT2D eigenvalue weighted by Crippen LogP contribution is -2.32. The Bertz CT molecular complexity index is 471. The molecule has 1 fully saturated rings. The fourth-order valence-corrected chi connectivity index (χ4v) is 3.14. The minimum Gasteiger partial charge on any atom is -0.496 e. The molecule has 1 aliphatic rings. The predicted octanol–water partition coefficient (Wildman–Crippen LogP) is 3.41. The SMILES string of the molecule is COc1cc(OC)c(C2(CN)CCCC2)cc1C(F)F. The second-order valence-electron chi connectivity index (χ2n) is 5.29. The van der Waals surface area contributed by atoms with Crippen LogP contribution < -0.4 is 15.2 Å². The third-order valence-corrected chi connectivity index (χ3v) is 4.31. The summed E-state index contributed by atoms with van der Waals surface area (Å²) in [6.45, 7) is 0.443. The molecule has 3 nitrogen and oxygen atoms in total. The summed E-state index contributed by atoms with van der Waals surface area (Å²) in [5, 5.41) is 0. The number of hydrogen-bond acceptors (Lipinski definition) is 3. The van der Waals surface area contributed by atoms with Crippen LogP contribution in [0.4, 0.5) is 8.78 Å². The molecule has 1 saturated carbocycles. The number of hydrogen-bond donors (Lipinski definition) is 1. The Morgan fingerprint density at radius 2 is 1.75 bits per heavy atom. The van der Waals surface area contributed by atoms with Crippen molar-refractivity contribution in [2.75, 3.05) is 20.8 Å². The zero-order valence-corrected chi connectivity index (χ0v) is 11.9. The Balaban J connectivity index is 2.58. The number of alkyl halides is 2. The average molecular weight is 285 g/mol. The predicted molar refractivity (Wildman–Crippen MR) is 73.7 cm³/mol. The van der Waals surface area contributed by atoms with Crippen molar-refractivity contribution in [2.45, 2.75) is 37.5 Å². The van der Waals surface area contributed by atoms with Crippen LogP contribution in [-0.4, -0.2) is 20.8 Å². The molecule has 20 heavy (non-hydrogen) atoms. The first-order valence-electron chi connectivity index (χ1n) is 6.82. The zero-order chi connectivity index (χ0) is 14.8. The van der Waals surface area contributed by atoms with Crippen molar-refractivity contribution in [3.8, 4) is 11.5 Å². The quantitative estimate of drug-likeness (QED) is 0.901. The van der Waals surface area contributed by atoms with Gasteiger partial charge in [0, 0.05) is 23.6 Å². The summed E-state index contributed by atoms with van der Waals surface area (Å²) in [6.07, 6.45) is 1.38. The number of nitrogens with two attached hydrogens (primary N) is 1. The molecular weight excluding hydrogens is 264 g/mol. The molecule has 0 aromatic heterocycles. The van der Waals surface area contributed by atoms with E-state index in [9.17, 15) is 8.78 Å². The highest BCUT2D eigenvalue weighted by molar-refractivity contribution is 5.51. The molecule has 0 saturated heterocycles. The summed E-state index contributed by atoms with van der Waals surface area (Å²) in [5.74, 6) is 0.740. The van der Waals surface area contributed by atoms with Gasteiger partial charge in [-0.25, -0.2) is 8.78 Å². The molecule has 0 radical (unpaired) electrons. The lowest BCUT2D eigenvalue weighted by molar-refractivity contribution is 0.146. The molecule has 0 unspecified atom stereocenters. The monoisotopic (exact) mass is 285 g/mol. The van der Waals surface area contributed by atoms with E-state index in [2.05, 4.69) is 0 Å². The Kier molecular flexibility index (Phi) is 4.48. The molecule has 0 bridgehead atoms. The van der Waals surface area contributed by atoms with E-state index in [4.69, 9.17) is 15.2 Å². The molecule has 112 valence electrons. The molecule has 0 heterocycles. The third kappa shape index (κ3) is 2.46. The molecule has 0 amide bonds. The average Bonchev–Trinajstić information content (AvgIpc) is 2.95. The highest BCUT2D eigenvalue weighted by atomic mass is 19.3. The van der Waals surface area contributed by atoms with Crippen molar-refractivity contribution in [1.82, 2.24) is 0 Å². The van der Waals surface area contributed by atoms with Crippen LogP contribution >= 0.6 is 0 Å². The van der Waals surface area contributed by atoms with Crippen LogP contribution in [0.5, 0.6) is 11.5 Å². The summed E-state index contributed by atoms with van der Waals surface area (Å²) < 4.78 is 36.8. The lowest BCUT2D eigenvalue weighted by atomic mass is 9.77. The van der Waals surface area contributed by atoms with Gasteiger partial charge in [-0.3, -0.25) is 0 Å². The van der Waals surface area contributed by atoms with Crippen LogP contribution in [0.25, 0.3) is 0 Å². The van der Waals surface area contributed by atoms with Crippen LogP contribution in [0.2, 0.25) is 0 Å². The highest BCUT2D eigenvalue weighted by Crippen LogP contribution is 2.47. The van der Waals surface area contributed by atoms with Gasteiger partial charge >= 0.3 is 0 Å². The van der Waals surface area contributed by atoms with Gasteiger partial charge in [-0.15, -0.1) is 0 Å². The molecule has 2 rings (SSSR count). The van der Waals surface area contributed by atoms with Crippen molar-refractivity contribution < 1.29 is 18.3 Å². The first-order valence-corrected chi connectivity index (χ1v) is 6.82. The minimum absolute atomic E-state index is 0.0944. The van der Waals surface area contributed by atoms with Gasteiger partial charge in [0.15, 0.2) is 0 Å². The summed E-state index contributed by atoms with van der Waals surface area (Å²) in [7, 11) is 2.92. The standard InChI is InChI=1S/C15H21F2NO2/c1-19-12-8-13(20-2)11(7-10(12)14(16)17)15(9-18)5-3-4-6-15/h7-8,14H,3-6,9,18H2,1-2H3. The molecule has 1 aromatic carbocycles. The molecule has 0 atom stereocenters. The minimum atomic E-state index is -2.58. The summed E-state index contributed by atoms with van der Waals surface area (Å²) in [5.41, 5.74) is 6.39. The molecule has 1 aliphatic carbocycles. The number of rotatable bonds is 5. The van der Waals surface area contributed by atoms with Gasteiger partial charge in [-0.1, -0.05) is 12.8 Å². The number of methoxy groups -OCH3 is 2.